The summed E-state index contributed by atoms with van der Waals surface area (Å²) in [6.07, 6.45) is 0. The molecule has 5 nitrogen and oxygen atoms in total. The number of carboxylic acids is 1. The number of nitrogens with zero attached hydrogens (tertiary/aromatic N) is 3. The number of rotatable bonds is 4. The number of hydrogen-bond acceptors (Lipinski definition) is 4. The molecule has 0 fully saturated rings. The molecule has 0 aliphatic rings. The molecule has 0 aliphatic heterocycles. The normalized spacial score (nSPS) is 10.7. The first kappa shape index (κ1) is 13.5. The fraction of sp³-hybridized carbons (Fsp3) is 0.250. The second kappa shape index (κ2) is 5.40. The van der Waals surface area contributed by atoms with Gasteiger partial charge in [-0.15, -0.1) is 10.2 Å². The third kappa shape index (κ3) is 2.93. The second-order valence-electron chi connectivity index (χ2n) is 3.99. The Morgan fingerprint density at radius 2 is 2.21 bits per heavy atom. The van der Waals surface area contributed by atoms with E-state index in [0.29, 0.717) is 16.5 Å². The van der Waals surface area contributed by atoms with Crippen LogP contribution in [0.25, 0.3) is 0 Å². The van der Waals surface area contributed by atoms with E-state index in [1.165, 1.54) is 23.9 Å². The molecule has 0 saturated carbocycles. The van der Waals surface area contributed by atoms with E-state index in [9.17, 15) is 9.18 Å². The minimum atomic E-state index is -1.14. The Morgan fingerprint density at radius 3 is 2.74 bits per heavy atom. The van der Waals surface area contributed by atoms with Crippen LogP contribution in [0.2, 0.25) is 0 Å². The number of thioether (sulfide) groups is 1. The highest BCUT2D eigenvalue weighted by Gasteiger charge is 2.11. The molecule has 19 heavy (non-hydrogen) atoms. The van der Waals surface area contributed by atoms with Crippen LogP contribution < -0.4 is 0 Å². The lowest BCUT2D eigenvalue weighted by Gasteiger charge is -2.04. The summed E-state index contributed by atoms with van der Waals surface area (Å²) in [5, 5.41) is 17.3. The zero-order valence-electron chi connectivity index (χ0n) is 10.4. The highest BCUT2D eigenvalue weighted by atomic mass is 32.2. The van der Waals surface area contributed by atoms with E-state index in [1.807, 2.05) is 18.5 Å². The first-order valence-corrected chi connectivity index (χ1v) is 6.48. The van der Waals surface area contributed by atoms with Crippen LogP contribution in [-0.2, 0) is 12.8 Å². The lowest BCUT2D eigenvalue weighted by atomic mass is 10.1. The van der Waals surface area contributed by atoms with Crippen molar-refractivity contribution in [3.8, 4) is 0 Å². The first-order valence-electron chi connectivity index (χ1n) is 5.49. The summed E-state index contributed by atoms with van der Waals surface area (Å²) in [4.78, 5) is 10.7. The Kier molecular flexibility index (Phi) is 3.84. The van der Waals surface area contributed by atoms with Gasteiger partial charge in [0, 0.05) is 12.8 Å². The highest BCUT2D eigenvalue weighted by molar-refractivity contribution is 7.98. The van der Waals surface area contributed by atoms with E-state index in [-0.39, 0.29) is 5.56 Å². The maximum atomic E-state index is 13.7. The smallest absolute Gasteiger partial charge is 0.335 e. The number of carboxylic acid groups (broad SMARTS) is 1. The van der Waals surface area contributed by atoms with Crippen molar-refractivity contribution in [2.24, 2.45) is 7.05 Å². The standard InChI is InChI=1S/C12H12FN3O2S/c1-7-14-15-12(16(7)2)19-6-9-4-3-8(11(17)18)5-10(9)13/h3-5H,6H2,1-2H3,(H,17,18). The molecule has 0 aliphatic carbocycles. The van der Waals surface area contributed by atoms with E-state index in [4.69, 9.17) is 5.11 Å². The molecule has 0 radical (unpaired) electrons. The number of halogens is 1. The molecule has 0 atom stereocenters. The van der Waals surface area contributed by atoms with Gasteiger partial charge in [0.05, 0.1) is 5.56 Å². The molecule has 1 aromatic carbocycles. The number of carbonyl (C=O) groups is 1. The first-order chi connectivity index (χ1) is 8.99. The van der Waals surface area contributed by atoms with Gasteiger partial charge in [-0.2, -0.15) is 0 Å². The molecule has 1 aromatic heterocycles. The van der Waals surface area contributed by atoms with Gasteiger partial charge in [-0.05, 0) is 24.6 Å². The Hall–Kier alpha value is -1.89. The molecule has 1 N–H and O–H groups in total. The van der Waals surface area contributed by atoms with Crippen LogP contribution in [0.3, 0.4) is 0 Å². The molecule has 0 saturated heterocycles. The Morgan fingerprint density at radius 1 is 1.47 bits per heavy atom. The van der Waals surface area contributed by atoms with Crippen LogP contribution in [0.15, 0.2) is 23.4 Å². The van der Waals surface area contributed by atoms with Crippen molar-refractivity contribution in [2.45, 2.75) is 17.8 Å². The van der Waals surface area contributed by atoms with E-state index in [0.717, 1.165) is 11.9 Å². The van der Waals surface area contributed by atoms with Gasteiger partial charge in [0.15, 0.2) is 5.16 Å². The van der Waals surface area contributed by atoms with Gasteiger partial charge in [-0.3, -0.25) is 0 Å². The molecule has 1 heterocycles. The summed E-state index contributed by atoms with van der Waals surface area (Å²) >= 11 is 1.35. The number of aromatic nitrogens is 3. The summed E-state index contributed by atoms with van der Waals surface area (Å²) in [5.41, 5.74) is 0.386. The number of aryl methyl sites for hydroxylation is 1. The molecule has 0 bridgehead atoms. The molecular formula is C12H12FN3O2S. The van der Waals surface area contributed by atoms with Crippen LogP contribution in [0.1, 0.15) is 21.7 Å². The van der Waals surface area contributed by atoms with Crippen molar-refractivity contribution in [3.63, 3.8) is 0 Å². The molecular weight excluding hydrogens is 269 g/mol. The van der Waals surface area contributed by atoms with Crippen LogP contribution in [0.4, 0.5) is 4.39 Å². The van der Waals surface area contributed by atoms with Gasteiger partial charge in [-0.1, -0.05) is 17.8 Å². The number of aromatic carboxylic acids is 1. The highest BCUT2D eigenvalue weighted by Crippen LogP contribution is 2.23. The zero-order valence-corrected chi connectivity index (χ0v) is 11.2. The molecule has 2 rings (SSSR count). The lowest BCUT2D eigenvalue weighted by molar-refractivity contribution is 0.0696. The van der Waals surface area contributed by atoms with Crippen LogP contribution >= 0.6 is 11.8 Å². The average molecular weight is 281 g/mol. The van der Waals surface area contributed by atoms with E-state index < -0.39 is 11.8 Å². The average Bonchev–Trinajstić information content (AvgIpc) is 2.68. The third-order valence-electron chi connectivity index (χ3n) is 2.71. The maximum absolute atomic E-state index is 13.7. The van der Waals surface area contributed by atoms with Gasteiger partial charge in [0.1, 0.15) is 11.6 Å². The molecule has 100 valence electrons. The van der Waals surface area contributed by atoms with Gasteiger partial charge in [0.25, 0.3) is 0 Å². The minimum absolute atomic E-state index is 0.0549. The van der Waals surface area contributed by atoms with Crippen molar-refractivity contribution < 1.29 is 14.3 Å². The quantitative estimate of drug-likeness (QED) is 0.871. The Balaban J connectivity index is 2.12. The molecule has 0 spiro atoms. The van der Waals surface area contributed by atoms with Crippen LogP contribution in [0, 0.1) is 12.7 Å². The molecule has 0 amide bonds. The van der Waals surface area contributed by atoms with Crippen LogP contribution in [-0.4, -0.2) is 25.8 Å². The monoisotopic (exact) mass is 281 g/mol. The molecule has 7 heteroatoms. The van der Waals surface area contributed by atoms with Gasteiger partial charge < -0.3 is 9.67 Å². The number of hydrogen-bond donors (Lipinski definition) is 1. The van der Waals surface area contributed by atoms with Crippen molar-refractivity contribution in [3.05, 3.63) is 41.0 Å². The SMILES string of the molecule is Cc1nnc(SCc2ccc(C(=O)O)cc2F)n1C. The van der Waals surface area contributed by atoms with Crippen LogP contribution in [0.5, 0.6) is 0 Å². The van der Waals surface area contributed by atoms with E-state index in [2.05, 4.69) is 10.2 Å². The largest absolute Gasteiger partial charge is 0.478 e. The predicted molar refractivity (Wildman–Crippen MR) is 68.7 cm³/mol. The summed E-state index contributed by atoms with van der Waals surface area (Å²) in [6.45, 7) is 1.83. The molecule has 2 aromatic rings. The minimum Gasteiger partial charge on any atom is -0.478 e. The summed E-state index contributed by atoms with van der Waals surface area (Å²) < 4.78 is 15.5. The summed E-state index contributed by atoms with van der Waals surface area (Å²) in [7, 11) is 1.83. The maximum Gasteiger partial charge on any atom is 0.335 e. The molecule has 0 unspecified atom stereocenters. The van der Waals surface area contributed by atoms with Crippen molar-refractivity contribution >= 4 is 17.7 Å². The third-order valence-corrected chi connectivity index (χ3v) is 3.78. The van der Waals surface area contributed by atoms with E-state index in [1.54, 1.807) is 0 Å². The van der Waals surface area contributed by atoms with E-state index >= 15 is 0 Å². The zero-order chi connectivity index (χ0) is 14.0. The second-order valence-corrected chi connectivity index (χ2v) is 4.93. The van der Waals surface area contributed by atoms with Crippen molar-refractivity contribution in [2.75, 3.05) is 0 Å². The Labute approximate surface area is 113 Å². The van der Waals surface area contributed by atoms with Crippen molar-refractivity contribution in [1.82, 2.24) is 14.8 Å². The topological polar surface area (TPSA) is 68.0 Å². The van der Waals surface area contributed by atoms with Gasteiger partial charge >= 0.3 is 5.97 Å². The Bertz CT molecular complexity index is 627. The summed E-state index contributed by atoms with van der Waals surface area (Å²) in [6, 6.07) is 3.90. The van der Waals surface area contributed by atoms with Gasteiger partial charge in [-0.25, -0.2) is 9.18 Å². The summed E-state index contributed by atoms with van der Waals surface area (Å²) in [5.74, 6) is -0.505. The lowest BCUT2D eigenvalue weighted by Crippen LogP contribution is -1.99. The fourth-order valence-corrected chi connectivity index (χ4v) is 2.40. The van der Waals surface area contributed by atoms with Gasteiger partial charge in [0.2, 0.25) is 0 Å². The number of benzene rings is 1. The fourth-order valence-electron chi connectivity index (χ4n) is 1.45. The van der Waals surface area contributed by atoms with Crippen molar-refractivity contribution in [1.29, 1.82) is 0 Å². The predicted octanol–water partition coefficient (Wildman–Crippen LogP) is 2.25.